The Morgan fingerprint density at radius 2 is 2.19 bits per heavy atom. The van der Waals surface area contributed by atoms with E-state index >= 15 is 0 Å². The molecule has 4 heteroatoms. The summed E-state index contributed by atoms with van der Waals surface area (Å²) in [6.07, 6.45) is 0.580. The van der Waals surface area contributed by atoms with Crippen LogP contribution < -0.4 is 10.6 Å². The molecule has 0 aromatic heterocycles. The smallest absolute Gasteiger partial charge is 0.221 e. The predicted molar refractivity (Wildman–Crippen MR) is 90.9 cm³/mol. The van der Waals surface area contributed by atoms with E-state index in [1.54, 1.807) is 0 Å². The van der Waals surface area contributed by atoms with Crippen LogP contribution in [0.25, 0.3) is 0 Å². The lowest BCUT2D eigenvalue weighted by atomic mass is 9.82. The first-order valence-electron chi connectivity index (χ1n) is 7.63. The molecule has 2 rings (SSSR count). The van der Waals surface area contributed by atoms with Crippen molar-refractivity contribution in [3.8, 4) is 0 Å². The number of rotatable bonds is 5. The second-order valence-corrected chi connectivity index (χ2v) is 7.56. The summed E-state index contributed by atoms with van der Waals surface area (Å²) in [5, 5.41) is 6.51. The van der Waals surface area contributed by atoms with Gasteiger partial charge in [-0.15, -0.1) is 0 Å². The van der Waals surface area contributed by atoms with Gasteiger partial charge in [0, 0.05) is 42.5 Å². The number of amides is 1. The molecule has 3 nitrogen and oxygen atoms in total. The maximum Gasteiger partial charge on any atom is 0.221 e. The van der Waals surface area contributed by atoms with Crippen molar-refractivity contribution in [2.75, 3.05) is 24.6 Å². The maximum absolute atomic E-state index is 12.1. The number of thioether (sulfide) groups is 1. The first-order chi connectivity index (χ1) is 9.99. The lowest BCUT2D eigenvalue weighted by Crippen LogP contribution is -2.43. The molecule has 116 valence electrons. The highest BCUT2D eigenvalue weighted by Crippen LogP contribution is 2.25. The number of carbonyl (C=O) groups excluding carboxylic acids is 1. The van der Waals surface area contributed by atoms with Gasteiger partial charge in [-0.05, 0) is 18.1 Å². The molecule has 0 spiro atoms. The zero-order valence-electron chi connectivity index (χ0n) is 13.2. The fraction of sp³-hybridized carbons (Fsp3) is 0.588. The summed E-state index contributed by atoms with van der Waals surface area (Å²) in [7, 11) is 0. The molecule has 1 unspecified atom stereocenters. The van der Waals surface area contributed by atoms with Gasteiger partial charge in [0.1, 0.15) is 0 Å². The first-order valence-corrected chi connectivity index (χ1v) is 8.78. The molecule has 1 atom stereocenters. The number of benzene rings is 1. The SMILES string of the molecule is Cc1ccccc1C(C)(C)CNC(=O)CC1CSCCN1. The molecule has 0 bridgehead atoms. The standard InChI is InChI=1S/C17H26N2OS/c1-13-6-4-5-7-15(13)17(2,3)12-19-16(20)10-14-11-21-9-8-18-14/h4-7,14,18H,8-12H2,1-3H3,(H,19,20). The van der Waals surface area contributed by atoms with Crippen LogP contribution in [-0.2, 0) is 10.2 Å². The first kappa shape index (κ1) is 16.4. The topological polar surface area (TPSA) is 41.1 Å². The minimum atomic E-state index is -0.0459. The van der Waals surface area contributed by atoms with Crippen molar-refractivity contribution in [1.29, 1.82) is 0 Å². The third-order valence-corrected chi connectivity index (χ3v) is 5.16. The summed E-state index contributed by atoms with van der Waals surface area (Å²) in [4.78, 5) is 12.1. The zero-order chi connectivity index (χ0) is 15.3. The molecule has 1 saturated heterocycles. The van der Waals surface area contributed by atoms with Crippen LogP contribution >= 0.6 is 11.8 Å². The molecular formula is C17H26N2OS. The fourth-order valence-electron chi connectivity index (χ4n) is 2.79. The van der Waals surface area contributed by atoms with Gasteiger partial charge in [0.2, 0.25) is 5.91 Å². The van der Waals surface area contributed by atoms with Crippen LogP contribution in [0.3, 0.4) is 0 Å². The largest absolute Gasteiger partial charge is 0.355 e. The third-order valence-electron chi connectivity index (χ3n) is 4.03. The van der Waals surface area contributed by atoms with Crippen LogP contribution in [0.1, 0.15) is 31.4 Å². The third kappa shape index (κ3) is 4.75. The predicted octanol–water partition coefficient (Wildman–Crippen LogP) is 2.48. The Bertz CT molecular complexity index is 481. The van der Waals surface area contributed by atoms with Crippen molar-refractivity contribution in [1.82, 2.24) is 10.6 Å². The van der Waals surface area contributed by atoms with E-state index in [1.165, 1.54) is 11.1 Å². The molecule has 1 amide bonds. The minimum absolute atomic E-state index is 0.0459. The van der Waals surface area contributed by atoms with Crippen LogP contribution in [0, 0.1) is 6.92 Å². The van der Waals surface area contributed by atoms with Crippen LogP contribution in [0.4, 0.5) is 0 Å². The summed E-state index contributed by atoms with van der Waals surface area (Å²) in [5.41, 5.74) is 2.54. The Labute approximate surface area is 132 Å². The highest BCUT2D eigenvalue weighted by molar-refractivity contribution is 7.99. The van der Waals surface area contributed by atoms with Crippen molar-refractivity contribution in [3.63, 3.8) is 0 Å². The van der Waals surface area contributed by atoms with Crippen molar-refractivity contribution in [3.05, 3.63) is 35.4 Å². The number of hydrogen-bond donors (Lipinski definition) is 2. The van der Waals surface area contributed by atoms with E-state index in [0.29, 0.717) is 19.0 Å². The summed E-state index contributed by atoms with van der Waals surface area (Å²) < 4.78 is 0. The Kier molecular flexibility index (Phi) is 5.71. The molecule has 1 aromatic carbocycles. The van der Waals surface area contributed by atoms with Crippen molar-refractivity contribution >= 4 is 17.7 Å². The maximum atomic E-state index is 12.1. The van der Waals surface area contributed by atoms with Gasteiger partial charge in [-0.2, -0.15) is 11.8 Å². The molecular weight excluding hydrogens is 280 g/mol. The summed E-state index contributed by atoms with van der Waals surface area (Å²) in [6.45, 7) is 8.19. The monoisotopic (exact) mass is 306 g/mol. The van der Waals surface area contributed by atoms with Gasteiger partial charge < -0.3 is 10.6 Å². The van der Waals surface area contributed by atoms with Gasteiger partial charge in [0.05, 0.1) is 0 Å². The van der Waals surface area contributed by atoms with Crippen LogP contribution in [-0.4, -0.2) is 36.5 Å². The van der Waals surface area contributed by atoms with Gasteiger partial charge >= 0.3 is 0 Å². The average molecular weight is 306 g/mol. The Hall–Kier alpha value is -1.000. The molecule has 0 aliphatic carbocycles. The molecule has 1 aliphatic rings. The van der Waals surface area contributed by atoms with E-state index < -0.39 is 0 Å². The van der Waals surface area contributed by atoms with Gasteiger partial charge in [-0.1, -0.05) is 38.1 Å². The van der Waals surface area contributed by atoms with Crippen molar-refractivity contribution in [2.45, 2.75) is 38.6 Å². The van der Waals surface area contributed by atoms with E-state index in [0.717, 1.165) is 18.1 Å². The normalized spacial score (nSPS) is 19.3. The summed E-state index contributed by atoms with van der Waals surface area (Å²) in [6, 6.07) is 8.73. The van der Waals surface area contributed by atoms with Crippen molar-refractivity contribution < 1.29 is 4.79 Å². The van der Waals surface area contributed by atoms with Gasteiger partial charge in [0.25, 0.3) is 0 Å². The molecule has 0 saturated carbocycles. The molecule has 0 radical (unpaired) electrons. The molecule has 21 heavy (non-hydrogen) atoms. The molecule has 1 heterocycles. The number of nitrogens with one attached hydrogen (secondary N) is 2. The number of aryl methyl sites for hydroxylation is 1. The molecule has 1 aromatic rings. The second kappa shape index (κ2) is 7.32. The summed E-state index contributed by atoms with van der Waals surface area (Å²) in [5.74, 6) is 2.34. The molecule has 1 fully saturated rings. The molecule has 2 N–H and O–H groups in total. The van der Waals surface area contributed by atoms with E-state index in [-0.39, 0.29) is 11.3 Å². The van der Waals surface area contributed by atoms with Crippen molar-refractivity contribution in [2.24, 2.45) is 0 Å². The van der Waals surface area contributed by atoms with Crippen LogP contribution in [0.15, 0.2) is 24.3 Å². The Morgan fingerprint density at radius 3 is 2.86 bits per heavy atom. The zero-order valence-corrected chi connectivity index (χ0v) is 14.1. The Morgan fingerprint density at radius 1 is 1.43 bits per heavy atom. The Balaban J connectivity index is 1.86. The van der Waals surface area contributed by atoms with E-state index in [9.17, 15) is 4.79 Å². The van der Waals surface area contributed by atoms with E-state index in [4.69, 9.17) is 0 Å². The summed E-state index contributed by atoms with van der Waals surface area (Å²) >= 11 is 1.92. The van der Waals surface area contributed by atoms with Crippen LogP contribution in [0.2, 0.25) is 0 Å². The lowest BCUT2D eigenvalue weighted by molar-refractivity contribution is -0.121. The minimum Gasteiger partial charge on any atom is -0.355 e. The van der Waals surface area contributed by atoms with Crippen LogP contribution in [0.5, 0.6) is 0 Å². The van der Waals surface area contributed by atoms with Gasteiger partial charge in [0.15, 0.2) is 0 Å². The number of hydrogen-bond acceptors (Lipinski definition) is 3. The second-order valence-electron chi connectivity index (χ2n) is 6.41. The van der Waals surface area contributed by atoms with Gasteiger partial charge in [-0.3, -0.25) is 4.79 Å². The van der Waals surface area contributed by atoms with E-state index in [1.807, 2.05) is 11.8 Å². The quantitative estimate of drug-likeness (QED) is 0.878. The average Bonchev–Trinajstić information content (AvgIpc) is 2.47. The van der Waals surface area contributed by atoms with E-state index in [2.05, 4.69) is 55.7 Å². The highest BCUT2D eigenvalue weighted by Gasteiger charge is 2.24. The number of carbonyl (C=O) groups is 1. The fourth-order valence-corrected chi connectivity index (χ4v) is 3.74. The van der Waals surface area contributed by atoms with Gasteiger partial charge in [-0.25, -0.2) is 0 Å². The highest BCUT2D eigenvalue weighted by atomic mass is 32.2. The molecule has 1 aliphatic heterocycles. The lowest BCUT2D eigenvalue weighted by Gasteiger charge is -2.28.